The third-order valence-electron chi connectivity index (χ3n) is 2.98. The fourth-order valence-corrected chi connectivity index (χ4v) is 2.78. The fourth-order valence-electron chi connectivity index (χ4n) is 2.02. The van der Waals surface area contributed by atoms with Gasteiger partial charge in [-0.3, -0.25) is 14.5 Å². The van der Waals surface area contributed by atoms with Crippen LogP contribution in [0.1, 0.15) is 26.4 Å². The molecule has 0 saturated heterocycles. The van der Waals surface area contributed by atoms with E-state index >= 15 is 0 Å². The van der Waals surface area contributed by atoms with E-state index in [1.807, 2.05) is 12.1 Å². The predicted molar refractivity (Wildman–Crippen MR) is 71.0 cm³/mol. The van der Waals surface area contributed by atoms with Crippen molar-refractivity contribution >= 4 is 28.7 Å². The van der Waals surface area contributed by atoms with E-state index in [1.165, 1.54) is 11.3 Å². The first-order chi connectivity index (χ1) is 9.22. The van der Waals surface area contributed by atoms with E-state index in [9.17, 15) is 9.59 Å². The first-order valence-corrected chi connectivity index (χ1v) is 6.50. The molecule has 0 unspecified atom stereocenters. The molecule has 2 heterocycles. The summed E-state index contributed by atoms with van der Waals surface area (Å²) in [5, 5.41) is 2.18. The number of ether oxygens (including phenoxy) is 1. The average Bonchev–Trinajstić information content (AvgIpc) is 3.03. The van der Waals surface area contributed by atoms with Gasteiger partial charge in [-0.15, -0.1) is 11.3 Å². The van der Waals surface area contributed by atoms with Gasteiger partial charge in [0.15, 0.2) is 11.4 Å². The van der Waals surface area contributed by atoms with Crippen LogP contribution in [0.5, 0.6) is 5.75 Å². The molecule has 1 aliphatic heterocycles. The van der Waals surface area contributed by atoms with Crippen molar-refractivity contribution in [3.05, 3.63) is 40.4 Å². The number of nitrogens with zero attached hydrogens (tertiary/aromatic N) is 2. The number of fused-ring (bicyclic) bond motifs is 1. The number of amides is 1. The minimum Gasteiger partial charge on any atom is -0.497 e. The highest BCUT2D eigenvalue weighted by molar-refractivity contribution is 7.14. The van der Waals surface area contributed by atoms with Gasteiger partial charge in [0.2, 0.25) is 0 Å². The molecule has 0 spiro atoms. The Bertz CT molecular complexity index is 666. The van der Waals surface area contributed by atoms with Gasteiger partial charge in [0.25, 0.3) is 5.91 Å². The van der Waals surface area contributed by atoms with Crippen molar-refractivity contribution in [1.82, 2.24) is 4.98 Å². The SMILES string of the molecule is COc1ccc2c(c1)C(=O)N(c1nc(C=O)cs1)C2. The van der Waals surface area contributed by atoms with E-state index in [0.29, 0.717) is 35.0 Å². The Morgan fingerprint density at radius 3 is 3.00 bits per heavy atom. The summed E-state index contributed by atoms with van der Waals surface area (Å²) >= 11 is 1.29. The van der Waals surface area contributed by atoms with Crippen molar-refractivity contribution in [3.8, 4) is 5.75 Å². The van der Waals surface area contributed by atoms with Crippen LogP contribution in [0.2, 0.25) is 0 Å². The number of benzene rings is 1. The molecule has 1 aromatic carbocycles. The number of carbonyl (C=O) groups is 2. The second kappa shape index (κ2) is 4.47. The zero-order valence-corrected chi connectivity index (χ0v) is 10.9. The molecule has 0 fully saturated rings. The largest absolute Gasteiger partial charge is 0.497 e. The molecule has 1 aromatic heterocycles. The highest BCUT2D eigenvalue weighted by Crippen LogP contribution is 2.32. The summed E-state index contributed by atoms with van der Waals surface area (Å²) in [7, 11) is 1.57. The molecule has 0 atom stereocenters. The Balaban J connectivity index is 1.96. The van der Waals surface area contributed by atoms with Gasteiger partial charge in [-0.25, -0.2) is 4.98 Å². The molecule has 0 aliphatic carbocycles. The van der Waals surface area contributed by atoms with E-state index in [0.717, 1.165) is 5.56 Å². The number of methoxy groups -OCH3 is 1. The quantitative estimate of drug-likeness (QED) is 0.804. The van der Waals surface area contributed by atoms with Gasteiger partial charge in [-0.05, 0) is 17.7 Å². The Hall–Kier alpha value is -2.21. The Morgan fingerprint density at radius 1 is 1.47 bits per heavy atom. The maximum atomic E-state index is 12.3. The van der Waals surface area contributed by atoms with Crippen LogP contribution in [-0.4, -0.2) is 24.3 Å². The van der Waals surface area contributed by atoms with Gasteiger partial charge in [0.1, 0.15) is 11.4 Å². The van der Waals surface area contributed by atoms with Crippen molar-refractivity contribution in [2.75, 3.05) is 12.0 Å². The van der Waals surface area contributed by atoms with E-state index in [2.05, 4.69) is 4.98 Å². The first-order valence-electron chi connectivity index (χ1n) is 5.62. The molecule has 2 aromatic rings. The van der Waals surface area contributed by atoms with Gasteiger partial charge >= 0.3 is 0 Å². The van der Waals surface area contributed by atoms with Crippen LogP contribution in [0.4, 0.5) is 5.13 Å². The zero-order valence-electron chi connectivity index (χ0n) is 10.1. The summed E-state index contributed by atoms with van der Waals surface area (Å²) in [5.41, 5.74) is 1.91. The standard InChI is InChI=1S/C13H10N2O3S/c1-18-10-3-2-8-5-15(12(17)11(8)4-10)13-14-9(6-16)7-19-13/h2-4,6-7H,5H2,1H3. The molecular formula is C13H10N2O3S. The molecule has 0 saturated carbocycles. The van der Waals surface area contributed by atoms with Gasteiger partial charge < -0.3 is 4.74 Å². The summed E-state index contributed by atoms with van der Waals surface area (Å²) in [6, 6.07) is 5.43. The normalized spacial score (nSPS) is 13.5. The minimum atomic E-state index is -0.110. The summed E-state index contributed by atoms with van der Waals surface area (Å²) in [6.07, 6.45) is 0.677. The second-order valence-corrected chi connectivity index (χ2v) is 4.92. The second-order valence-electron chi connectivity index (χ2n) is 4.09. The van der Waals surface area contributed by atoms with E-state index in [1.54, 1.807) is 23.5 Å². The van der Waals surface area contributed by atoms with Crippen molar-refractivity contribution in [2.45, 2.75) is 6.54 Å². The lowest BCUT2D eigenvalue weighted by Gasteiger charge is -2.10. The molecule has 1 amide bonds. The third kappa shape index (κ3) is 1.90. The number of thiazole rings is 1. The number of rotatable bonds is 3. The van der Waals surface area contributed by atoms with Gasteiger partial charge in [0.05, 0.1) is 13.7 Å². The van der Waals surface area contributed by atoms with E-state index < -0.39 is 0 Å². The highest BCUT2D eigenvalue weighted by Gasteiger charge is 2.30. The molecule has 96 valence electrons. The molecule has 19 heavy (non-hydrogen) atoms. The predicted octanol–water partition coefficient (Wildman–Crippen LogP) is 2.12. The summed E-state index contributed by atoms with van der Waals surface area (Å²) in [4.78, 5) is 28.6. The van der Waals surface area contributed by atoms with Crippen LogP contribution in [-0.2, 0) is 6.54 Å². The number of carbonyl (C=O) groups excluding carboxylic acids is 2. The maximum absolute atomic E-state index is 12.3. The third-order valence-corrected chi connectivity index (χ3v) is 3.86. The zero-order chi connectivity index (χ0) is 13.4. The lowest BCUT2D eigenvalue weighted by molar-refractivity contribution is 0.0995. The average molecular weight is 274 g/mol. The van der Waals surface area contributed by atoms with Crippen LogP contribution in [0.3, 0.4) is 0 Å². The van der Waals surface area contributed by atoms with Crippen LogP contribution in [0.15, 0.2) is 23.6 Å². The summed E-state index contributed by atoms with van der Waals surface area (Å²) < 4.78 is 5.12. The number of hydrogen-bond donors (Lipinski definition) is 0. The highest BCUT2D eigenvalue weighted by atomic mass is 32.1. The molecule has 1 aliphatic rings. The van der Waals surface area contributed by atoms with Crippen LogP contribution in [0, 0.1) is 0 Å². The number of aldehydes is 1. The number of aromatic nitrogens is 1. The number of anilines is 1. The van der Waals surface area contributed by atoms with Crippen molar-refractivity contribution in [1.29, 1.82) is 0 Å². The monoisotopic (exact) mass is 274 g/mol. The molecular weight excluding hydrogens is 264 g/mol. The smallest absolute Gasteiger partial charge is 0.260 e. The van der Waals surface area contributed by atoms with E-state index in [-0.39, 0.29) is 5.91 Å². The lowest BCUT2D eigenvalue weighted by Crippen LogP contribution is -2.22. The number of hydrogen-bond acceptors (Lipinski definition) is 5. The topological polar surface area (TPSA) is 59.5 Å². The van der Waals surface area contributed by atoms with Gasteiger partial charge in [-0.1, -0.05) is 6.07 Å². The molecule has 3 rings (SSSR count). The summed E-state index contributed by atoms with van der Waals surface area (Å²) in [6.45, 7) is 0.476. The Morgan fingerprint density at radius 2 is 2.32 bits per heavy atom. The van der Waals surface area contributed by atoms with E-state index in [4.69, 9.17) is 4.74 Å². The molecule has 0 radical (unpaired) electrons. The van der Waals surface area contributed by atoms with Crippen LogP contribution in [0.25, 0.3) is 0 Å². The van der Waals surface area contributed by atoms with Gasteiger partial charge in [0, 0.05) is 10.9 Å². The van der Waals surface area contributed by atoms with Crippen molar-refractivity contribution in [2.24, 2.45) is 0 Å². The molecule has 5 nitrogen and oxygen atoms in total. The van der Waals surface area contributed by atoms with Crippen molar-refractivity contribution < 1.29 is 14.3 Å². The van der Waals surface area contributed by atoms with Crippen LogP contribution >= 0.6 is 11.3 Å². The molecule has 0 bridgehead atoms. The Kier molecular flexibility index (Phi) is 2.79. The maximum Gasteiger partial charge on any atom is 0.260 e. The minimum absolute atomic E-state index is 0.110. The molecule has 6 heteroatoms. The Labute approximate surface area is 113 Å². The van der Waals surface area contributed by atoms with Crippen LogP contribution < -0.4 is 9.64 Å². The lowest BCUT2D eigenvalue weighted by atomic mass is 10.1. The first kappa shape index (κ1) is 11.9. The van der Waals surface area contributed by atoms with Crippen molar-refractivity contribution in [3.63, 3.8) is 0 Å². The van der Waals surface area contributed by atoms with Gasteiger partial charge in [-0.2, -0.15) is 0 Å². The molecule has 0 N–H and O–H groups in total. The summed E-state index contributed by atoms with van der Waals surface area (Å²) in [5.74, 6) is 0.544. The fraction of sp³-hybridized carbons (Fsp3) is 0.154.